The number of aromatic nitrogens is 1. The molecule has 0 saturated heterocycles. The molecule has 138 valence electrons. The van der Waals surface area contributed by atoms with Crippen molar-refractivity contribution in [1.82, 2.24) is 15.6 Å². The molecule has 1 aromatic heterocycles. The summed E-state index contributed by atoms with van der Waals surface area (Å²) in [5, 5.41) is 8.76. The smallest absolute Gasteiger partial charge is 0.239 e. The number of hydrogen-bond donors (Lipinski definition) is 2. The largest absolute Gasteiger partial charge is 0.350 e. The lowest BCUT2D eigenvalue weighted by Crippen LogP contribution is -2.37. The molecule has 0 radical (unpaired) electrons. The third-order valence-corrected chi connectivity index (χ3v) is 4.96. The molecule has 0 atom stereocenters. The van der Waals surface area contributed by atoms with Gasteiger partial charge in [-0.05, 0) is 17.7 Å². The highest BCUT2D eigenvalue weighted by atomic mass is 35.5. The summed E-state index contributed by atoms with van der Waals surface area (Å²) >= 11 is 7.32. The van der Waals surface area contributed by atoms with E-state index in [0.717, 1.165) is 16.1 Å². The number of nitrogens with one attached hydrogen (secondary N) is 2. The van der Waals surface area contributed by atoms with Gasteiger partial charge in [0.15, 0.2) is 0 Å². The van der Waals surface area contributed by atoms with Crippen molar-refractivity contribution >= 4 is 34.8 Å². The van der Waals surface area contributed by atoms with Crippen LogP contribution >= 0.6 is 22.9 Å². The normalized spacial score (nSPS) is 10.4. The second-order valence-electron chi connectivity index (χ2n) is 5.87. The molecular weight excluding hydrogens is 382 g/mol. The fourth-order valence-electron chi connectivity index (χ4n) is 2.37. The minimum atomic E-state index is -0.249. The summed E-state index contributed by atoms with van der Waals surface area (Å²) in [4.78, 5) is 28.4. The third kappa shape index (κ3) is 5.91. The van der Waals surface area contributed by atoms with E-state index in [1.165, 1.54) is 11.3 Å². The van der Waals surface area contributed by atoms with Crippen molar-refractivity contribution in [3.05, 3.63) is 76.3 Å². The van der Waals surface area contributed by atoms with Crippen LogP contribution in [-0.2, 0) is 22.6 Å². The van der Waals surface area contributed by atoms with Crippen LogP contribution < -0.4 is 10.6 Å². The lowest BCUT2D eigenvalue weighted by molar-refractivity contribution is -0.125. The molecule has 0 aliphatic heterocycles. The third-order valence-electron chi connectivity index (χ3n) is 3.76. The van der Waals surface area contributed by atoms with Gasteiger partial charge in [-0.2, -0.15) is 0 Å². The molecule has 2 aromatic carbocycles. The number of carbonyl (C=O) groups excluding carboxylic acids is 2. The van der Waals surface area contributed by atoms with Gasteiger partial charge in [0, 0.05) is 22.5 Å². The Morgan fingerprint density at radius 1 is 0.963 bits per heavy atom. The van der Waals surface area contributed by atoms with Gasteiger partial charge in [-0.15, -0.1) is 11.3 Å². The molecule has 0 saturated carbocycles. The summed E-state index contributed by atoms with van der Waals surface area (Å²) in [5.41, 5.74) is 2.66. The maximum Gasteiger partial charge on any atom is 0.239 e. The first-order valence-corrected chi connectivity index (χ1v) is 9.63. The maximum atomic E-state index is 12.0. The number of amides is 2. The van der Waals surface area contributed by atoms with Gasteiger partial charge >= 0.3 is 0 Å². The predicted molar refractivity (Wildman–Crippen MR) is 108 cm³/mol. The Kier molecular flexibility index (Phi) is 6.57. The molecule has 27 heavy (non-hydrogen) atoms. The van der Waals surface area contributed by atoms with Crippen molar-refractivity contribution in [3.63, 3.8) is 0 Å². The summed E-state index contributed by atoms with van der Waals surface area (Å²) in [6, 6.07) is 17.0. The molecule has 0 spiro atoms. The molecule has 0 aliphatic carbocycles. The quantitative estimate of drug-likeness (QED) is 0.639. The predicted octanol–water partition coefficient (Wildman–Crippen LogP) is 3.44. The molecule has 5 nitrogen and oxygen atoms in total. The molecule has 2 N–H and O–H groups in total. The van der Waals surface area contributed by atoms with Crippen LogP contribution in [0.15, 0.2) is 60.0 Å². The van der Waals surface area contributed by atoms with Gasteiger partial charge < -0.3 is 10.6 Å². The monoisotopic (exact) mass is 399 g/mol. The highest BCUT2D eigenvalue weighted by molar-refractivity contribution is 7.13. The Labute approximate surface area is 166 Å². The zero-order valence-electron chi connectivity index (χ0n) is 14.4. The van der Waals surface area contributed by atoms with Crippen molar-refractivity contribution in [2.75, 3.05) is 6.54 Å². The lowest BCUT2D eigenvalue weighted by atomic mass is 10.2. The van der Waals surface area contributed by atoms with Crippen molar-refractivity contribution in [1.29, 1.82) is 0 Å². The van der Waals surface area contributed by atoms with Crippen molar-refractivity contribution in [3.8, 4) is 10.6 Å². The minimum absolute atomic E-state index is 0.0674. The second-order valence-corrected chi connectivity index (χ2v) is 7.16. The van der Waals surface area contributed by atoms with E-state index in [9.17, 15) is 9.59 Å². The lowest BCUT2D eigenvalue weighted by Gasteiger charge is -2.07. The molecule has 1 heterocycles. The van der Waals surface area contributed by atoms with Gasteiger partial charge in [0.05, 0.1) is 18.7 Å². The van der Waals surface area contributed by atoms with E-state index in [-0.39, 0.29) is 24.8 Å². The standard InChI is InChI=1S/C20H18ClN3O2S/c21-16-8-6-14(7-9-16)11-22-19(26)12-23-18(25)10-17-13-27-20(24-17)15-4-2-1-3-5-15/h1-9,13H,10-12H2,(H,22,26)(H,23,25). The molecule has 0 aliphatic rings. The first kappa shape index (κ1) is 19.1. The number of thiazole rings is 1. The average molecular weight is 400 g/mol. The van der Waals surface area contributed by atoms with Gasteiger partial charge in [-0.25, -0.2) is 4.98 Å². The topological polar surface area (TPSA) is 71.1 Å². The summed E-state index contributed by atoms with van der Waals surface area (Å²) in [7, 11) is 0. The number of benzene rings is 2. The average Bonchev–Trinajstić information content (AvgIpc) is 3.15. The maximum absolute atomic E-state index is 12.0. The number of nitrogens with zero attached hydrogens (tertiary/aromatic N) is 1. The summed E-state index contributed by atoms with van der Waals surface area (Å²) in [6.07, 6.45) is 0.147. The fraction of sp³-hybridized carbons (Fsp3) is 0.150. The van der Waals surface area contributed by atoms with E-state index in [4.69, 9.17) is 11.6 Å². The van der Waals surface area contributed by atoms with E-state index in [1.54, 1.807) is 12.1 Å². The highest BCUT2D eigenvalue weighted by Crippen LogP contribution is 2.23. The van der Waals surface area contributed by atoms with E-state index in [0.29, 0.717) is 17.3 Å². The zero-order valence-corrected chi connectivity index (χ0v) is 16.0. The van der Waals surface area contributed by atoms with Crippen molar-refractivity contribution in [2.45, 2.75) is 13.0 Å². The first-order chi connectivity index (χ1) is 13.1. The van der Waals surface area contributed by atoms with Gasteiger partial charge in [-0.1, -0.05) is 54.1 Å². The van der Waals surface area contributed by atoms with Crippen LogP contribution in [-0.4, -0.2) is 23.3 Å². The highest BCUT2D eigenvalue weighted by Gasteiger charge is 2.10. The number of carbonyl (C=O) groups is 2. The van der Waals surface area contributed by atoms with Crippen LogP contribution in [0.3, 0.4) is 0 Å². The van der Waals surface area contributed by atoms with E-state index in [1.807, 2.05) is 47.8 Å². The van der Waals surface area contributed by atoms with E-state index in [2.05, 4.69) is 15.6 Å². The second kappa shape index (κ2) is 9.30. The zero-order chi connectivity index (χ0) is 19.1. The van der Waals surface area contributed by atoms with Gasteiger partial charge in [0.1, 0.15) is 5.01 Å². The Bertz CT molecular complexity index is 910. The van der Waals surface area contributed by atoms with E-state index < -0.39 is 0 Å². The van der Waals surface area contributed by atoms with Gasteiger partial charge in [0.25, 0.3) is 0 Å². The van der Waals surface area contributed by atoms with Crippen LogP contribution in [0.4, 0.5) is 0 Å². The summed E-state index contributed by atoms with van der Waals surface area (Å²) in [6.45, 7) is 0.320. The van der Waals surface area contributed by atoms with Gasteiger partial charge in [0.2, 0.25) is 11.8 Å². The SMILES string of the molecule is O=C(CNC(=O)Cc1csc(-c2ccccc2)n1)NCc1ccc(Cl)cc1. The van der Waals surface area contributed by atoms with E-state index >= 15 is 0 Å². The Morgan fingerprint density at radius 2 is 1.70 bits per heavy atom. The summed E-state index contributed by atoms with van der Waals surface area (Å²) < 4.78 is 0. The molecule has 3 rings (SSSR count). The van der Waals surface area contributed by atoms with Crippen molar-refractivity contribution in [2.24, 2.45) is 0 Å². The first-order valence-electron chi connectivity index (χ1n) is 8.38. The number of hydrogen-bond acceptors (Lipinski definition) is 4. The molecule has 0 unspecified atom stereocenters. The number of halogens is 1. The fourth-order valence-corrected chi connectivity index (χ4v) is 3.32. The molecule has 3 aromatic rings. The molecular formula is C20H18ClN3O2S. The van der Waals surface area contributed by atoms with Crippen LogP contribution in [0.1, 0.15) is 11.3 Å². The summed E-state index contributed by atoms with van der Waals surface area (Å²) in [5.74, 6) is -0.483. The van der Waals surface area contributed by atoms with Gasteiger partial charge in [-0.3, -0.25) is 9.59 Å². The molecule has 7 heteroatoms. The molecule has 2 amide bonds. The Morgan fingerprint density at radius 3 is 2.44 bits per heavy atom. The molecule has 0 bridgehead atoms. The van der Waals surface area contributed by atoms with Crippen LogP contribution in [0.2, 0.25) is 5.02 Å². The molecule has 0 fully saturated rings. The van der Waals surface area contributed by atoms with Crippen molar-refractivity contribution < 1.29 is 9.59 Å². The number of rotatable bonds is 7. The minimum Gasteiger partial charge on any atom is -0.350 e. The Balaban J connectivity index is 1.42. The van der Waals surface area contributed by atoms with Crippen LogP contribution in [0.5, 0.6) is 0 Å². The van der Waals surface area contributed by atoms with Crippen LogP contribution in [0, 0.1) is 0 Å². The van der Waals surface area contributed by atoms with Crippen LogP contribution in [0.25, 0.3) is 10.6 Å². The Hall–Kier alpha value is -2.70.